The summed E-state index contributed by atoms with van der Waals surface area (Å²) >= 11 is 0. The molecule has 4 nitrogen and oxygen atoms in total. The zero-order valence-electron chi connectivity index (χ0n) is 6.54. The molecule has 1 rings (SSSR count). The average molecular weight is 159 g/mol. The van der Waals surface area contributed by atoms with Gasteiger partial charge in [0.1, 0.15) is 6.04 Å². The lowest BCUT2D eigenvalue weighted by Crippen LogP contribution is -2.41. The van der Waals surface area contributed by atoms with E-state index in [0.717, 1.165) is 12.8 Å². The van der Waals surface area contributed by atoms with Gasteiger partial charge in [0.2, 0.25) is 0 Å². The van der Waals surface area contributed by atoms with Gasteiger partial charge in [-0.25, -0.2) is 0 Å². The molecule has 0 heterocycles. The molecule has 1 aliphatic carbocycles. The molecule has 3 N–H and O–H groups in total. The molecule has 0 radical (unpaired) electrons. The molecule has 0 aliphatic heterocycles. The quantitative estimate of drug-likeness (QED) is 0.597. The van der Waals surface area contributed by atoms with Gasteiger partial charge in [-0.05, 0) is 12.8 Å². The van der Waals surface area contributed by atoms with E-state index in [1.807, 2.05) is 0 Å². The van der Waals surface area contributed by atoms with Gasteiger partial charge in [0.25, 0.3) is 0 Å². The molecule has 0 aromatic heterocycles. The Hall–Kier alpha value is -0.610. The van der Waals surface area contributed by atoms with Crippen LogP contribution in [-0.2, 0) is 9.53 Å². The van der Waals surface area contributed by atoms with Crippen molar-refractivity contribution in [2.24, 2.45) is 11.1 Å². The Bertz CT molecular complexity index is 165. The molecule has 1 fully saturated rings. The molecule has 0 saturated heterocycles. The molecule has 0 bridgehead atoms. The maximum Gasteiger partial charge on any atom is 0.321 e. The van der Waals surface area contributed by atoms with Crippen LogP contribution < -0.4 is 5.73 Å². The van der Waals surface area contributed by atoms with E-state index >= 15 is 0 Å². The number of hydrogen-bond donors (Lipinski definition) is 2. The SMILES string of the molecule is COCC1(C(N)C(=O)O)CC1. The average Bonchev–Trinajstić information content (AvgIpc) is 2.69. The molecule has 1 saturated carbocycles. The van der Waals surface area contributed by atoms with Crippen molar-refractivity contribution in [2.75, 3.05) is 13.7 Å². The number of carboxylic acid groups (broad SMARTS) is 1. The van der Waals surface area contributed by atoms with E-state index in [1.54, 1.807) is 7.11 Å². The first-order valence-corrected chi connectivity index (χ1v) is 3.60. The second-order valence-electron chi connectivity index (χ2n) is 3.11. The number of rotatable bonds is 4. The number of carboxylic acids is 1. The third kappa shape index (κ3) is 1.52. The second-order valence-corrected chi connectivity index (χ2v) is 3.11. The molecule has 0 aromatic carbocycles. The molecule has 1 unspecified atom stereocenters. The number of ether oxygens (including phenoxy) is 1. The number of methoxy groups -OCH3 is 1. The van der Waals surface area contributed by atoms with Crippen LogP contribution in [0.25, 0.3) is 0 Å². The fraction of sp³-hybridized carbons (Fsp3) is 0.857. The fourth-order valence-electron chi connectivity index (χ4n) is 1.26. The summed E-state index contributed by atoms with van der Waals surface area (Å²) in [5, 5.41) is 8.60. The summed E-state index contributed by atoms with van der Waals surface area (Å²) < 4.78 is 4.90. The van der Waals surface area contributed by atoms with Crippen LogP contribution in [0.3, 0.4) is 0 Å². The lowest BCUT2D eigenvalue weighted by molar-refractivity contribution is -0.140. The van der Waals surface area contributed by atoms with Gasteiger partial charge < -0.3 is 15.6 Å². The monoisotopic (exact) mass is 159 g/mol. The summed E-state index contributed by atoms with van der Waals surface area (Å²) in [5.41, 5.74) is 5.20. The van der Waals surface area contributed by atoms with Crippen molar-refractivity contribution >= 4 is 5.97 Å². The van der Waals surface area contributed by atoms with Crippen molar-refractivity contribution in [3.63, 3.8) is 0 Å². The van der Waals surface area contributed by atoms with Gasteiger partial charge in [-0.15, -0.1) is 0 Å². The van der Waals surface area contributed by atoms with Crippen LogP contribution >= 0.6 is 0 Å². The van der Waals surface area contributed by atoms with Crippen LogP contribution in [0.15, 0.2) is 0 Å². The van der Waals surface area contributed by atoms with Crippen molar-refractivity contribution in [1.29, 1.82) is 0 Å². The third-order valence-electron chi connectivity index (χ3n) is 2.25. The van der Waals surface area contributed by atoms with E-state index in [-0.39, 0.29) is 5.41 Å². The largest absolute Gasteiger partial charge is 0.480 e. The van der Waals surface area contributed by atoms with Gasteiger partial charge in [-0.3, -0.25) is 4.79 Å². The number of aliphatic carboxylic acids is 1. The topological polar surface area (TPSA) is 72.5 Å². The molecule has 0 aromatic rings. The Morgan fingerprint density at radius 3 is 2.64 bits per heavy atom. The highest BCUT2D eigenvalue weighted by molar-refractivity contribution is 5.75. The smallest absolute Gasteiger partial charge is 0.321 e. The maximum atomic E-state index is 10.5. The van der Waals surface area contributed by atoms with Crippen LogP contribution in [-0.4, -0.2) is 30.8 Å². The van der Waals surface area contributed by atoms with E-state index in [4.69, 9.17) is 15.6 Å². The van der Waals surface area contributed by atoms with Crippen LogP contribution in [0.4, 0.5) is 0 Å². The van der Waals surface area contributed by atoms with Gasteiger partial charge in [0, 0.05) is 12.5 Å². The molecule has 4 heteroatoms. The summed E-state index contributed by atoms with van der Waals surface area (Å²) in [6, 6.07) is -0.762. The second kappa shape index (κ2) is 2.79. The molecule has 0 amide bonds. The first-order chi connectivity index (χ1) is 5.12. The number of hydrogen-bond acceptors (Lipinski definition) is 3. The maximum absolute atomic E-state index is 10.5. The minimum absolute atomic E-state index is 0.263. The normalized spacial score (nSPS) is 22.7. The minimum Gasteiger partial charge on any atom is -0.480 e. The van der Waals surface area contributed by atoms with Gasteiger partial charge in [-0.2, -0.15) is 0 Å². The fourth-order valence-corrected chi connectivity index (χ4v) is 1.26. The predicted molar refractivity (Wildman–Crippen MR) is 39.2 cm³/mol. The molecular weight excluding hydrogens is 146 g/mol. The Kier molecular flexibility index (Phi) is 2.15. The van der Waals surface area contributed by atoms with E-state index in [9.17, 15) is 4.79 Å². The van der Waals surface area contributed by atoms with Gasteiger partial charge in [0.15, 0.2) is 0 Å². The molecule has 1 atom stereocenters. The van der Waals surface area contributed by atoms with Crippen molar-refractivity contribution < 1.29 is 14.6 Å². The number of nitrogens with two attached hydrogens (primary N) is 1. The summed E-state index contributed by atoms with van der Waals surface area (Å²) in [6.45, 7) is 0.459. The van der Waals surface area contributed by atoms with E-state index < -0.39 is 12.0 Å². The van der Waals surface area contributed by atoms with Crippen molar-refractivity contribution in [2.45, 2.75) is 18.9 Å². The van der Waals surface area contributed by atoms with E-state index in [0.29, 0.717) is 6.61 Å². The predicted octanol–water partition coefficient (Wildman–Crippen LogP) is -0.175. The zero-order valence-corrected chi connectivity index (χ0v) is 6.54. The van der Waals surface area contributed by atoms with Gasteiger partial charge in [-0.1, -0.05) is 0 Å². The lowest BCUT2D eigenvalue weighted by atomic mass is 9.99. The van der Waals surface area contributed by atoms with Crippen LogP contribution in [0.2, 0.25) is 0 Å². The Labute approximate surface area is 65.3 Å². The standard InChI is InChI=1S/C7H13NO3/c1-11-4-7(2-3-7)5(8)6(9)10/h5H,2-4,8H2,1H3,(H,9,10). The van der Waals surface area contributed by atoms with Crippen LogP contribution in [0.5, 0.6) is 0 Å². The first kappa shape index (κ1) is 8.49. The summed E-state index contributed by atoms with van der Waals surface area (Å²) in [6.07, 6.45) is 1.74. The highest BCUT2D eigenvalue weighted by Crippen LogP contribution is 2.48. The third-order valence-corrected chi connectivity index (χ3v) is 2.25. The van der Waals surface area contributed by atoms with Crippen molar-refractivity contribution in [3.05, 3.63) is 0 Å². The van der Waals surface area contributed by atoms with Crippen LogP contribution in [0, 0.1) is 5.41 Å². The van der Waals surface area contributed by atoms with Crippen molar-refractivity contribution in [1.82, 2.24) is 0 Å². The Morgan fingerprint density at radius 2 is 2.36 bits per heavy atom. The number of carbonyl (C=O) groups is 1. The van der Waals surface area contributed by atoms with Gasteiger partial charge in [0.05, 0.1) is 6.61 Å². The van der Waals surface area contributed by atoms with Crippen LogP contribution in [0.1, 0.15) is 12.8 Å². The molecule has 0 spiro atoms. The molecule has 1 aliphatic rings. The van der Waals surface area contributed by atoms with Gasteiger partial charge >= 0.3 is 5.97 Å². The molecule has 64 valence electrons. The highest BCUT2D eigenvalue weighted by Gasteiger charge is 2.51. The zero-order chi connectivity index (χ0) is 8.48. The summed E-state index contributed by atoms with van der Waals surface area (Å²) in [4.78, 5) is 10.5. The van der Waals surface area contributed by atoms with E-state index in [1.165, 1.54) is 0 Å². The molecule has 11 heavy (non-hydrogen) atoms. The molecular formula is C7H13NO3. The summed E-state index contributed by atoms with van der Waals surface area (Å²) in [5.74, 6) is -0.931. The Morgan fingerprint density at radius 1 is 1.82 bits per heavy atom. The minimum atomic E-state index is -0.931. The van der Waals surface area contributed by atoms with Crippen molar-refractivity contribution in [3.8, 4) is 0 Å². The first-order valence-electron chi connectivity index (χ1n) is 3.60. The lowest BCUT2D eigenvalue weighted by Gasteiger charge is -2.17. The van der Waals surface area contributed by atoms with E-state index in [2.05, 4.69) is 0 Å². The Balaban J connectivity index is 2.50. The highest BCUT2D eigenvalue weighted by atomic mass is 16.5. The summed E-state index contributed by atoms with van der Waals surface area (Å²) in [7, 11) is 1.56.